The number of carbonyl (C=O) groups excluding carboxylic acids is 2. The van der Waals surface area contributed by atoms with E-state index in [9.17, 15) is 19.1 Å². The Labute approximate surface area is 169 Å². The largest absolute Gasteiger partial charge is 0.442 e. The van der Waals surface area contributed by atoms with E-state index in [0.717, 1.165) is 22.2 Å². The fourth-order valence-electron chi connectivity index (χ4n) is 2.88. The lowest BCUT2D eigenvalue weighted by Gasteiger charge is -2.35. The number of carbonyl (C=O) groups is 2. The van der Waals surface area contributed by atoms with Crippen LogP contribution in [0.1, 0.15) is 65.1 Å². The van der Waals surface area contributed by atoms with Crippen LogP contribution in [0.15, 0.2) is 18.2 Å². The highest BCUT2D eigenvalue weighted by atomic mass is 19.1. The molecule has 0 radical (unpaired) electrons. The van der Waals surface area contributed by atoms with Gasteiger partial charge in [-0.05, 0) is 65.3 Å². The molecule has 0 bridgehead atoms. The molecular weight excluding hydrogens is 381 g/mol. The second-order valence-corrected chi connectivity index (χ2v) is 8.77. The van der Waals surface area contributed by atoms with Crippen molar-refractivity contribution in [2.75, 3.05) is 0 Å². The minimum atomic E-state index is -1.41. The quantitative estimate of drug-likeness (QED) is 0.758. The van der Waals surface area contributed by atoms with Gasteiger partial charge in [0.05, 0.1) is 17.7 Å². The fraction of sp³-hybridized carbons (Fsp3) is 0.550. The number of aliphatic hydroxyl groups is 1. The third-order valence-corrected chi connectivity index (χ3v) is 3.84. The van der Waals surface area contributed by atoms with Crippen molar-refractivity contribution in [2.45, 2.75) is 71.4 Å². The highest BCUT2D eigenvalue weighted by Crippen LogP contribution is 2.38. The minimum absolute atomic E-state index is 0.0503. The van der Waals surface area contributed by atoms with E-state index in [1.165, 1.54) is 6.07 Å². The van der Waals surface area contributed by atoms with Crippen LogP contribution in [0, 0.1) is 17.1 Å². The van der Waals surface area contributed by atoms with Gasteiger partial charge in [-0.2, -0.15) is 10.3 Å². The number of ether oxygens (including phenoxy) is 2. The molecule has 0 spiro atoms. The van der Waals surface area contributed by atoms with Crippen molar-refractivity contribution < 1.29 is 28.6 Å². The maximum absolute atomic E-state index is 14.0. The molecule has 1 heterocycles. The van der Waals surface area contributed by atoms with Crippen LogP contribution in [0.25, 0.3) is 0 Å². The van der Waals surface area contributed by atoms with E-state index in [0.29, 0.717) is 0 Å². The number of halogens is 1. The zero-order valence-corrected chi connectivity index (χ0v) is 17.4. The fourth-order valence-corrected chi connectivity index (χ4v) is 2.88. The van der Waals surface area contributed by atoms with Gasteiger partial charge >= 0.3 is 12.2 Å². The zero-order chi connectivity index (χ0) is 22.1. The van der Waals surface area contributed by atoms with Gasteiger partial charge in [0.2, 0.25) is 0 Å². The lowest BCUT2D eigenvalue weighted by molar-refractivity contribution is -0.0964. The Bertz CT molecular complexity index is 838. The van der Waals surface area contributed by atoms with Gasteiger partial charge in [0, 0.05) is 6.42 Å². The molecule has 1 fully saturated rings. The molecule has 0 aliphatic carbocycles. The molecular formula is C20H26FN3O5. The van der Waals surface area contributed by atoms with Crippen LogP contribution in [-0.2, 0) is 9.47 Å². The first-order chi connectivity index (χ1) is 13.2. The third-order valence-electron chi connectivity index (χ3n) is 3.84. The molecule has 2 atom stereocenters. The first kappa shape index (κ1) is 22.4. The second-order valence-electron chi connectivity index (χ2n) is 8.77. The molecule has 0 saturated carbocycles. The molecule has 1 aromatic carbocycles. The van der Waals surface area contributed by atoms with Crippen LogP contribution in [0.3, 0.4) is 0 Å². The first-order valence-corrected chi connectivity index (χ1v) is 9.15. The SMILES string of the molecule is CC(C)(C)OC(=O)N1C(O)CC(c2cc(F)cc(C#N)c2)N1C(=O)OC(C)(C)C. The monoisotopic (exact) mass is 407 g/mol. The van der Waals surface area contributed by atoms with Crippen molar-refractivity contribution in [3.63, 3.8) is 0 Å². The van der Waals surface area contributed by atoms with E-state index >= 15 is 0 Å². The molecule has 1 N–H and O–H groups in total. The predicted molar refractivity (Wildman–Crippen MR) is 101 cm³/mol. The molecule has 2 unspecified atom stereocenters. The Hall–Kier alpha value is -2.86. The van der Waals surface area contributed by atoms with E-state index in [-0.39, 0.29) is 17.5 Å². The molecule has 2 rings (SSSR count). The molecule has 0 aromatic heterocycles. The number of nitriles is 1. The highest BCUT2D eigenvalue weighted by Gasteiger charge is 2.48. The van der Waals surface area contributed by atoms with Gasteiger partial charge in [-0.15, -0.1) is 0 Å². The second kappa shape index (κ2) is 7.87. The summed E-state index contributed by atoms with van der Waals surface area (Å²) in [6.45, 7) is 9.90. The van der Waals surface area contributed by atoms with Crippen LogP contribution < -0.4 is 0 Å². The number of hydrazine groups is 1. The molecule has 158 valence electrons. The summed E-state index contributed by atoms with van der Waals surface area (Å²) in [5, 5.41) is 21.3. The molecule has 8 nitrogen and oxygen atoms in total. The van der Waals surface area contributed by atoms with Gasteiger partial charge in [-0.3, -0.25) is 0 Å². The zero-order valence-electron chi connectivity index (χ0n) is 17.4. The number of aliphatic hydroxyl groups excluding tert-OH is 1. The van der Waals surface area contributed by atoms with Crippen LogP contribution in [-0.4, -0.2) is 44.7 Å². The van der Waals surface area contributed by atoms with E-state index in [4.69, 9.17) is 14.7 Å². The van der Waals surface area contributed by atoms with Crippen molar-refractivity contribution >= 4 is 12.2 Å². The summed E-state index contributed by atoms with van der Waals surface area (Å²) in [4.78, 5) is 25.6. The number of amides is 2. The van der Waals surface area contributed by atoms with Crippen molar-refractivity contribution in [1.29, 1.82) is 5.26 Å². The van der Waals surface area contributed by atoms with E-state index in [1.807, 2.05) is 6.07 Å². The van der Waals surface area contributed by atoms with Gasteiger partial charge in [0.25, 0.3) is 0 Å². The normalized spacial score (nSPS) is 19.7. The van der Waals surface area contributed by atoms with Crippen molar-refractivity contribution in [1.82, 2.24) is 10.0 Å². The average molecular weight is 407 g/mol. The molecule has 1 aromatic rings. The standard InChI is InChI=1S/C20H26FN3O5/c1-19(2,3)28-17(26)23-15(13-7-12(11-22)8-14(21)9-13)10-16(25)24(23)18(27)29-20(4,5)6/h7-9,15-16,25H,10H2,1-6H3. The Morgan fingerprint density at radius 3 is 2.07 bits per heavy atom. The Morgan fingerprint density at radius 1 is 1.07 bits per heavy atom. The van der Waals surface area contributed by atoms with Gasteiger partial charge in [-0.1, -0.05) is 0 Å². The van der Waals surface area contributed by atoms with Gasteiger partial charge < -0.3 is 14.6 Å². The summed E-state index contributed by atoms with van der Waals surface area (Å²) in [5.41, 5.74) is -1.46. The Kier molecular flexibility index (Phi) is 6.09. The average Bonchev–Trinajstić information content (AvgIpc) is 2.88. The smallest absolute Gasteiger partial charge is 0.431 e. The van der Waals surface area contributed by atoms with Gasteiger partial charge in [0.1, 0.15) is 17.0 Å². The summed E-state index contributed by atoms with van der Waals surface area (Å²) in [6, 6.07) is 4.51. The Morgan fingerprint density at radius 2 is 1.59 bits per heavy atom. The van der Waals surface area contributed by atoms with Crippen LogP contribution >= 0.6 is 0 Å². The van der Waals surface area contributed by atoms with E-state index in [1.54, 1.807) is 41.5 Å². The third kappa shape index (κ3) is 5.57. The van der Waals surface area contributed by atoms with Crippen LogP contribution in [0.4, 0.5) is 14.0 Å². The van der Waals surface area contributed by atoms with Gasteiger partial charge in [-0.25, -0.2) is 19.0 Å². The molecule has 1 aliphatic heterocycles. The lowest BCUT2D eigenvalue weighted by Crippen LogP contribution is -2.51. The number of hydrogen-bond acceptors (Lipinski definition) is 6. The van der Waals surface area contributed by atoms with Crippen molar-refractivity contribution in [3.8, 4) is 6.07 Å². The summed E-state index contributed by atoms with van der Waals surface area (Å²) >= 11 is 0. The lowest BCUT2D eigenvalue weighted by atomic mass is 10.0. The van der Waals surface area contributed by atoms with Crippen molar-refractivity contribution in [3.05, 3.63) is 35.1 Å². The van der Waals surface area contributed by atoms with E-state index in [2.05, 4.69) is 0 Å². The molecule has 9 heteroatoms. The molecule has 2 amide bonds. The highest BCUT2D eigenvalue weighted by molar-refractivity contribution is 5.76. The molecule has 29 heavy (non-hydrogen) atoms. The summed E-state index contributed by atoms with van der Waals surface area (Å²) in [5.74, 6) is -0.673. The molecule has 1 aliphatic rings. The topological polar surface area (TPSA) is 103 Å². The van der Waals surface area contributed by atoms with Gasteiger partial charge in [0.15, 0.2) is 6.23 Å². The number of nitrogens with zero attached hydrogens (tertiary/aromatic N) is 3. The summed E-state index contributed by atoms with van der Waals surface area (Å²) in [7, 11) is 0. The predicted octanol–water partition coefficient (Wildman–Crippen LogP) is 3.85. The number of hydrogen-bond donors (Lipinski definition) is 1. The summed E-state index contributed by atoms with van der Waals surface area (Å²) in [6.07, 6.45) is -3.37. The van der Waals surface area contributed by atoms with Crippen molar-refractivity contribution in [2.24, 2.45) is 0 Å². The summed E-state index contributed by atoms with van der Waals surface area (Å²) < 4.78 is 24.7. The van der Waals surface area contributed by atoms with Crippen LogP contribution in [0.5, 0.6) is 0 Å². The van der Waals surface area contributed by atoms with E-state index < -0.39 is 41.5 Å². The maximum atomic E-state index is 14.0. The Balaban J connectivity index is 2.50. The molecule has 1 saturated heterocycles. The number of benzene rings is 1. The van der Waals surface area contributed by atoms with Crippen LogP contribution in [0.2, 0.25) is 0 Å². The number of rotatable bonds is 1. The maximum Gasteiger partial charge on any atom is 0.431 e. The minimum Gasteiger partial charge on any atom is -0.442 e. The first-order valence-electron chi connectivity index (χ1n) is 9.15.